The summed E-state index contributed by atoms with van der Waals surface area (Å²) in [6, 6.07) is 0.113. The third-order valence-electron chi connectivity index (χ3n) is 2.83. The molecule has 2 rings (SSSR count). The van der Waals surface area contributed by atoms with Crippen LogP contribution in [0.2, 0.25) is 0 Å². The van der Waals surface area contributed by atoms with Crippen LogP contribution in [0.4, 0.5) is 0 Å². The molecule has 1 aliphatic carbocycles. The summed E-state index contributed by atoms with van der Waals surface area (Å²) in [7, 11) is 0. The van der Waals surface area contributed by atoms with Crippen LogP contribution >= 0.6 is 0 Å². The van der Waals surface area contributed by atoms with E-state index in [1.807, 2.05) is 0 Å². The van der Waals surface area contributed by atoms with Crippen LogP contribution < -0.4 is 5.73 Å². The molecule has 0 spiro atoms. The fraction of sp³-hybridized carbons (Fsp3) is 0.636. The second kappa shape index (κ2) is 4.65. The van der Waals surface area contributed by atoms with E-state index >= 15 is 0 Å². The quantitative estimate of drug-likeness (QED) is 0.749. The van der Waals surface area contributed by atoms with E-state index in [4.69, 9.17) is 10.5 Å². The number of ether oxygens (including phenoxy) is 1. The van der Waals surface area contributed by atoms with Crippen LogP contribution in [0.5, 0.6) is 0 Å². The minimum absolute atomic E-state index is 0.113. The molecule has 0 amide bonds. The van der Waals surface area contributed by atoms with Crippen molar-refractivity contribution in [1.82, 2.24) is 9.55 Å². The van der Waals surface area contributed by atoms with E-state index in [0.29, 0.717) is 24.8 Å². The largest absolute Gasteiger partial charge is 0.461 e. The number of aromatic nitrogens is 2. The summed E-state index contributed by atoms with van der Waals surface area (Å²) in [4.78, 5) is 15.5. The lowest BCUT2D eigenvalue weighted by Gasteiger charge is -2.13. The predicted octanol–water partition coefficient (Wildman–Crippen LogP) is 0.797. The van der Waals surface area contributed by atoms with Crippen molar-refractivity contribution in [3.05, 3.63) is 18.2 Å². The van der Waals surface area contributed by atoms with Gasteiger partial charge in [0.15, 0.2) is 0 Å². The highest BCUT2D eigenvalue weighted by atomic mass is 16.5. The molecule has 1 saturated carbocycles. The van der Waals surface area contributed by atoms with E-state index in [-0.39, 0.29) is 12.0 Å². The van der Waals surface area contributed by atoms with Gasteiger partial charge in [-0.2, -0.15) is 0 Å². The second-order valence-corrected chi connectivity index (χ2v) is 4.15. The number of hydrogen-bond donors (Lipinski definition) is 1. The maximum Gasteiger partial charge on any atom is 0.356 e. The van der Waals surface area contributed by atoms with Crippen molar-refractivity contribution in [2.75, 3.05) is 6.61 Å². The maximum atomic E-state index is 11.6. The molecule has 1 fully saturated rings. The Balaban J connectivity index is 2.03. The molecule has 16 heavy (non-hydrogen) atoms. The van der Waals surface area contributed by atoms with E-state index in [0.717, 1.165) is 0 Å². The van der Waals surface area contributed by atoms with Crippen molar-refractivity contribution < 1.29 is 9.53 Å². The zero-order valence-corrected chi connectivity index (χ0v) is 9.43. The molecule has 1 aliphatic rings. The number of rotatable bonds is 5. The summed E-state index contributed by atoms with van der Waals surface area (Å²) in [6.07, 6.45) is 5.56. The van der Waals surface area contributed by atoms with Crippen LogP contribution in [0.1, 0.15) is 30.3 Å². The topological polar surface area (TPSA) is 70.1 Å². The molecule has 0 aromatic carbocycles. The first-order valence-corrected chi connectivity index (χ1v) is 5.65. The normalized spacial score (nSPS) is 17.1. The monoisotopic (exact) mass is 223 g/mol. The average Bonchev–Trinajstić information content (AvgIpc) is 3.00. The molecule has 1 aromatic rings. The number of nitrogens with zero attached hydrogens (tertiary/aromatic N) is 2. The Morgan fingerprint density at radius 3 is 3.12 bits per heavy atom. The van der Waals surface area contributed by atoms with Gasteiger partial charge in [0.2, 0.25) is 0 Å². The number of esters is 1. The van der Waals surface area contributed by atoms with Gasteiger partial charge in [-0.25, -0.2) is 9.78 Å². The first kappa shape index (κ1) is 11.1. The van der Waals surface area contributed by atoms with Crippen molar-refractivity contribution in [2.45, 2.75) is 32.4 Å². The summed E-state index contributed by atoms with van der Waals surface area (Å²) in [5, 5.41) is 0. The van der Waals surface area contributed by atoms with Gasteiger partial charge in [-0.1, -0.05) is 0 Å². The van der Waals surface area contributed by atoms with Crippen molar-refractivity contribution >= 4 is 5.97 Å². The van der Waals surface area contributed by atoms with Gasteiger partial charge in [0, 0.05) is 12.6 Å². The smallest absolute Gasteiger partial charge is 0.356 e. The zero-order valence-electron chi connectivity index (χ0n) is 9.43. The Morgan fingerprint density at radius 1 is 1.75 bits per heavy atom. The van der Waals surface area contributed by atoms with Crippen LogP contribution in [-0.2, 0) is 11.3 Å². The molecule has 0 bridgehead atoms. The SMILES string of the molecule is CCOC(=O)c1cncn1CC(N)C1CC1. The number of carbonyl (C=O) groups excluding carboxylic acids is 1. The molecule has 1 atom stereocenters. The van der Waals surface area contributed by atoms with E-state index < -0.39 is 0 Å². The van der Waals surface area contributed by atoms with Crippen molar-refractivity contribution in [3.63, 3.8) is 0 Å². The van der Waals surface area contributed by atoms with E-state index in [2.05, 4.69) is 4.98 Å². The van der Waals surface area contributed by atoms with Crippen LogP contribution in [0.3, 0.4) is 0 Å². The van der Waals surface area contributed by atoms with Gasteiger partial charge in [-0.3, -0.25) is 0 Å². The molecule has 0 radical (unpaired) electrons. The molecule has 88 valence electrons. The number of imidazole rings is 1. The first-order valence-electron chi connectivity index (χ1n) is 5.65. The Kier molecular flexibility index (Phi) is 3.24. The zero-order chi connectivity index (χ0) is 11.5. The molecule has 1 unspecified atom stereocenters. The summed E-state index contributed by atoms with van der Waals surface area (Å²) in [6.45, 7) is 2.80. The second-order valence-electron chi connectivity index (χ2n) is 4.15. The lowest BCUT2D eigenvalue weighted by molar-refractivity contribution is 0.0513. The van der Waals surface area contributed by atoms with Crippen LogP contribution in [0.25, 0.3) is 0 Å². The lowest BCUT2D eigenvalue weighted by atomic mass is 10.2. The van der Waals surface area contributed by atoms with Crippen LogP contribution in [-0.4, -0.2) is 28.2 Å². The molecule has 0 saturated heterocycles. The highest BCUT2D eigenvalue weighted by Gasteiger charge is 2.29. The Hall–Kier alpha value is -1.36. The molecular formula is C11H17N3O2. The predicted molar refractivity (Wildman–Crippen MR) is 58.9 cm³/mol. The summed E-state index contributed by atoms with van der Waals surface area (Å²) in [5.74, 6) is 0.278. The van der Waals surface area contributed by atoms with Gasteiger partial charge in [-0.15, -0.1) is 0 Å². The first-order chi connectivity index (χ1) is 7.72. The number of nitrogens with two attached hydrogens (primary N) is 1. The Bertz CT molecular complexity index is 371. The Labute approximate surface area is 94.6 Å². The number of carbonyl (C=O) groups is 1. The van der Waals surface area contributed by atoms with E-state index in [1.54, 1.807) is 17.8 Å². The lowest BCUT2D eigenvalue weighted by Crippen LogP contribution is -2.29. The Morgan fingerprint density at radius 2 is 2.50 bits per heavy atom. The summed E-state index contributed by atoms with van der Waals surface area (Å²) >= 11 is 0. The molecule has 5 heteroatoms. The highest BCUT2D eigenvalue weighted by molar-refractivity contribution is 5.87. The summed E-state index contributed by atoms with van der Waals surface area (Å²) in [5.41, 5.74) is 6.50. The molecular weight excluding hydrogens is 206 g/mol. The third kappa shape index (κ3) is 2.41. The fourth-order valence-electron chi connectivity index (χ4n) is 1.74. The van der Waals surface area contributed by atoms with E-state index in [1.165, 1.54) is 19.0 Å². The van der Waals surface area contributed by atoms with Gasteiger partial charge in [0.1, 0.15) is 5.69 Å². The van der Waals surface area contributed by atoms with Crippen LogP contribution in [0.15, 0.2) is 12.5 Å². The number of hydrogen-bond acceptors (Lipinski definition) is 4. The van der Waals surface area contributed by atoms with Gasteiger partial charge in [0.25, 0.3) is 0 Å². The van der Waals surface area contributed by atoms with Crippen molar-refractivity contribution in [1.29, 1.82) is 0 Å². The fourth-order valence-corrected chi connectivity index (χ4v) is 1.74. The van der Waals surface area contributed by atoms with Gasteiger partial charge < -0.3 is 15.0 Å². The molecule has 5 nitrogen and oxygen atoms in total. The van der Waals surface area contributed by atoms with E-state index in [9.17, 15) is 4.79 Å². The molecule has 0 aliphatic heterocycles. The van der Waals surface area contributed by atoms with Gasteiger partial charge in [-0.05, 0) is 25.7 Å². The maximum absolute atomic E-state index is 11.6. The molecule has 1 aromatic heterocycles. The third-order valence-corrected chi connectivity index (χ3v) is 2.83. The average molecular weight is 223 g/mol. The molecule has 2 N–H and O–H groups in total. The standard InChI is InChI=1S/C11H17N3O2/c1-2-16-11(15)10-5-13-7-14(10)6-9(12)8-3-4-8/h5,7-9H,2-4,6,12H2,1H3. The van der Waals surface area contributed by atoms with Gasteiger partial charge in [0.05, 0.1) is 19.1 Å². The van der Waals surface area contributed by atoms with Gasteiger partial charge >= 0.3 is 5.97 Å². The minimum Gasteiger partial charge on any atom is -0.461 e. The summed E-state index contributed by atoms with van der Waals surface area (Å²) < 4.78 is 6.72. The van der Waals surface area contributed by atoms with Crippen molar-refractivity contribution in [2.24, 2.45) is 11.7 Å². The van der Waals surface area contributed by atoms with Crippen LogP contribution in [0, 0.1) is 5.92 Å². The highest BCUT2D eigenvalue weighted by Crippen LogP contribution is 2.32. The van der Waals surface area contributed by atoms with Crippen molar-refractivity contribution in [3.8, 4) is 0 Å². The minimum atomic E-state index is -0.331. The molecule has 1 heterocycles.